The van der Waals surface area contributed by atoms with E-state index in [0.717, 1.165) is 21.9 Å². The Hall–Kier alpha value is -3.93. The van der Waals surface area contributed by atoms with Crippen LogP contribution in [0.5, 0.6) is 5.75 Å². The average Bonchev–Trinajstić information content (AvgIpc) is 3.19. The number of phenols is 1. The van der Waals surface area contributed by atoms with Gasteiger partial charge in [0, 0.05) is 5.56 Å². The average molecular weight is 356 g/mol. The lowest BCUT2D eigenvalue weighted by Gasteiger charge is -2.02. The molecule has 3 N–H and O–H groups in total. The van der Waals surface area contributed by atoms with Crippen molar-refractivity contribution in [3.8, 4) is 17.0 Å². The molecule has 4 aromatic rings. The Bertz CT molecular complexity index is 1130. The molecule has 1 heterocycles. The Kier molecular flexibility index (Phi) is 4.37. The van der Waals surface area contributed by atoms with Crippen LogP contribution >= 0.6 is 0 Å². The Labute approximate surface area is 155 Å². The molecule has 0 spiro atoms. The molecule has 1 aromatic heterocycles. The number of fused-ring (bicyclic) bond motifs is 1. The lowest BCUT2D eigenvalue weighted by atomic mass is 10.0. The summed E-state index contributed by atoms with van der Waals surface area (Å²) in [5.41, 5.74) is 5.19. The molecule has 0 saturated heterocycles. The lowest BCUT2D eigenvalue weighted by molar-refractivity contribution is 0.0950. The molecule has 0 radical (unpaired) electrons. The fourth-order valence-corrected chi connectivity index (χ4v) is 2.81. The van der Waals surface area contributed by atoms with Gasteiger partial charge in [0.05, 0.1) is 11.9 Å². The highest BCUT2D eigenvalue weighted by molar-refractivity contribution is 5.98. The molecule has 1 amide bonds. The number of aromatic hydroxyl groups is 1. The molecular weight excluding hydrogens is 340 g/mol. The zero-order valence-electron chi connectivity index (χ0n) is 14.3. The molecule has 0 aliphatic rings. The number of carbonyl (C=O) groups excluding carboxylic acids is 1. The van der Waals surface area contributed by atoms with Crippen molar-refractivity contribution in [3.63, 3.8) is 0 Å². The summed E-state index contributed by atoms with van der Waals surface area (Å²) in [6, 6.07) is 22.2. The Balaban J connectivity index is 1.52. The van der Waals surface area contributed by atoms with Crippen molar-refractivity contribution in [1.29, 1.82) is 0 Å². The standard InChI is InChI=1S/C21H16N4O2/c26-16-10-8-14(9-11-16)13-22-25-21(27)20-12-19(23-24-20)18-7-3-5-15-4-1-2-6-17(15)18/h1-13,26H,(H,23,24)(H,25,27). The number of nitrogens with zero attached hydrogens (tertiary/aromatic N) is 2. The van der Waals surface area contributed by atoms with E-state index in [1.165, 1.54) is 6.21 Å². The van der Waals surface area contributed by atoms with Gasteiger partial charge in [0.15, 0.2) is 0 Å². The number of carbonyl (C=O) groups is 1. The zero-order chi connectivity index (χ0) is 18.6. The van der Waals surface area contributed by atoms with Gasteiger partial charge < -0.3 is 5.11 Å². The summed E-state index contributed by atoms with van der Waals surface area (Å²) in [5, 5.41) is 22.4. The van der Waals surface area contributed by atoms with Crippen molar-refractivity contribution in [2.24, 2.45) is 5.10 Å². The topological polar surface area (TPSA) is 90.4 Å². The summed E-state index contributed by atoms with van der Waals surface area (Å²) in [7, 11) is 0. The number of aromatic nitrogens is 2. The highest BCUT2D eigenvalue weighted by Crippen LogP contribution is 2.27. The van der Waals surface area contributed by atoms with Crippen LogP contribution < -0.4 is 5.43 Å². The number of rotatable bonds is 4. The monoisotopic (exact) mass is 356 g/mol. The molecule has 0 saturated carbocycles. The first-order valence-electron chi connectivity index (χ1n) is 8.37. The minimum absolute atomic E-state index is 0.176. The van der Waals surface area contributed by atoms with Gasteiger partial charge in [-0.25, -0.2) is 5.43 Å². The zero-order valence-corrected chi connectivity index (χ0v) is 14.3. The molecule has 0 aliphatic heterocycles. The summed E-state index contributed by atoms with van der Waals surface area (Å²) in [6.07, 6.45) is 1.50. The number of hydrazone groups is 1. The lowest BCUT2D eigenvalue weighted by Crippen LogP contribution is -2.17. The van der Waals surface area contributed by atoms with Gasteiger partial charge in [0.1, 0.15) is 11.4 Å². The highest BCUT2D eigenvalue weighted by Gasteiger charge is 2.12. The maximum Gasteiger partial charge on any atom is 0.289 e. The molecule has 0 fully saturated rings. The predicted octanol–water partition coefficient (Wildman–Crippen LogP) is 3.70. The number of amides is 1. The van der Waals surface area contributed by atoms with Crippen molar-refractivity contribution in [1.82, 2.24) is 15.6 Å². The van der Waals surface area contributed by atoms with Crippen LogP contribution in [0.2, 0.25) is 0 Å². The number of phenolic OH excluding ortho intramolecular Hbond substituents is 1. The smallest absolute Gasteiger partial charge is 0.289 e. The van der Waals surface area contributed by atoms with E-state index >= 15 is 0 Å². The highest BCUT2D eigenvalue weighted by atomic mass is 16.3. The normalized spacial score (nSPS) is 11.1. The minimum atomic E-state index is -0.385. The maximum atomic E-state index is 12.3. The molecule has 3 aromatic carbocycles. The quantitative estimate of drug-likeness (QED) is 0.385. The number of hydrogen-bond donors (Lipinski definition) is 3. The van der Waals surface area contributed by atoms with Gasteiger partial charge in [-0.05, 0) is 46.7 Å². The second kappa shape index (κ2) is 7.13. The summed E-state index contributed by atoms with van der Waals surface area (Å²) < 4.78 is 0. The van der Waals surface area contributed by atoms with Gasteiger partial charge >= 0.3 is 0 Å². The molecule has 0 aliphatic carbocycles. The third-order valence-corrected chi connectivity index (χ3v) is 4.16. The molecule has 0 bridgehead atoms. The van der Waals surface area contributed by atoms with Gasteiger partial charge in [-0.1, -0.05) is 42.5 Å². The van der Waals surface area contributed by atoms with Crippen LogP contribution in [-0.2, 0) is 0 Å². The molecule has 6 heteroatoms. The Morgan fingerprint density at radius 2 is 1.81 bits per heavy atom. The van der Waals surface area contributed by atoms with Crippen molar-refractivity contribution in [2.75, 3.05) is 0 Å². The van der Waals surface area contributed by atoms with Gasteiger partial charge in [-0.2, -0.15) is 10.2 Å². The van der Waals surface area contributed by atoms with E-state index in [-0.39, 0.29) is 11.7 Å². The van der Waals surface area contributed by atoms with E-state index in [1.807, 2.05) is 42.5 Å². The van der Waals surface area contributed by atoms with Crippen LogP contribution in [0, 0.1) is 0 Å². The fraction of sp³-hybridized carbons (Fsp3) is 0. The van der Waals surface area contributed by atoms with Crippen molar-refractivity contribution in [3.05, 3.63) is 84.1 Å². The van der Waals surface area contributed by atoms with Crippen molar-refractivity contribution < 1.29 is 9.90 Å². The van der Waals surface area contributed by atoms with E-state index < -0.39 is 0 Å². The van der Waals surface area contributed by atoms with Gasteiger partial charge in [0.25, 0.3) is 5.91 Å². The molecule has 132 valence electrons. The van der Waals surface area contributed by atoms with Gasteiger partial charge in [-0.15, -0.1) is 0 Å². The van der Waals surface area contributed by atoms with Crippen LogP contribution in [0.1, 0.15) is 16.1 Å². The first-order chi connectivity index (χ1) is 13.2. The molecule has 27 heavy (non-hydrogen) atoms. The first kappa shape index (κ1) is 16.5. The van der Waals surface area contributed by atoms with Crippen LogP contribution in [0.3, 0.4) is 0 Å². The number of H-pyrrole nitrogens is 1. The van der Waals surface area contributed by atoms with E-state index in [2.05, 4.69) is 20.7 Å². The predicted molar refractivity (Wildman–Crippen MR) is 105 cm³/mol. The molecule has 0 unspecified atom stereocenters. The van der Waals surface area contributed by atoms with Crippen LogP contribution in [-0.4, -0.2) is 27.4 Å². The molecular formula is C21H16N4O2. The number of nitrogens with one attached hydrogen (secondary N) is 2. The maximum absolute atomic E-state index is 12.3. The van der Waals surface area contributed by atoms with E-state index in [4.69, 9.17) is 0 Å². The van der Waals surface area contributed by atoms with Crippen molar-refractivity contribution >= 4 is 22.9 Å². The van der Waals surface area contributed by atoms with Crippen LogP contribution in [0.15, 0.2) is 77.9 Å². The molecule has 0 atom stereocenters. The van der Waals surface area contributed by atoms with E-state index in [9.17, 15) is 9.90 Å². The van der Waals surface area contributed by atoms with Gasteiger partial charge in [0.2, 0.25) is 0 Å². The largest absolute Gasteiger partial charge is 0.508 e. The molecule has 6 nitrogen and oxygen atoms in total. The third-order valence-electron chi connectivity index (χ3n) is 4.16. The van der Waals surface area contributed by atoms with Crippen LogP contribution in [0.4, 0.5) is 0 Å². The number of hydrogen-bond acceptors (Lipinski definition) is 4. The summed E-state index contributed by atoms with van der Waals surface area (Å²) in [5.74, 6) is -0.210. The van der Waals surface area contributed by atoms with E-state index in [1.54, 1.807) is 30.3 Å². The summed E-state index contributed by atoms with van der Waals surface area (Å²) >= 11 is 0. The summed E-state index contributed by atoms with van der Waals surface area (Å²) in [4.78, 5) is 12.3. The SMILES string of the molecule is O=C(NN=Cc1ccc(O)cc1)c1cc(-c2cccc3ccccc23)n[nH]1. The second-order valence-electron chi connectivity index (χ2n) is 5.98. The van der Waals surface area contributed by atoms with Crippen molar-refractivity contribution in [2.45, 2.75) is 0 Å². The van der Waals surface area contributed by atoms with E-state index in [0.29, 0.717) is 11.4 Å². The minimum Gasteiger partial charge on any atom is -0.508 e. The second-order valence-corrected chi connectivity index (χ2v) is 5.98. The fourth-order valence-electron chi connectivity index (χ4n) is 2.81. The number of benzene rings is 3. The first-order valence-corrected chi connectivity index (χ1v) is 8.37. The number of aromatic amines is 1. The Morgan fingerprint density at radius 1 is 1.04 bits per heavy atom. The van der Waals surface area contributed by atoms with Crippen LogP contribution in [0.25, 0.3) is 22.0 Å². The van der Waals surface area contributed by atoms with Gasteiger partial charge in [-0.3, -0.25) is 9.89 Å². The third kappa shape index (κ3) is 3.55. The Morgan fingerprint density at radius 3 is 2.67 bits per heavy atom. The molecule has 4 rings (SSSR count). The summed E-state index contributed by atoms with van der Waals surface area (Å²) in [6.45, 7) is 0.